The summed E-state index contributed by atoms with van der Waals surface area (Å²) >= 11 is 3.37. The summed E-state index contributed by atoms with van der Waals surface area (Å²) in [5.74, 6) is -0.158. The number of amides is 1. The molecule has 1 aromatic heterocycles. The van der Waals surface area contributed by atoms with E-state index in [2.05, 4.69) is 26.5 Å². The van der Waals surface area contributed by atoms with Crippen LogP contribution in [-0.4, -0.2) is 16.7 Å². The van der Waals surface area contributed by atoms with Crippen molar-refractivity contribution in [3.63, 3.8) is 0 Å². The highest BCUT2D eigenvalue weighted by atomic mass is 79.9. The van der Waals surface area contributed by atoms with Crippen LogP contribution in [0.15, 0.2) is 70.4 Å². The molecule has 1 N–H and O–H groups in total. The van der Waals surface area contributed by atoms with Gasteiger partial charge in [0.25, 0.3) is 5.91 Å². The number of carbonyl (C=O) groups excluding carboxylic acids is 1. The van der Waals surface area contributed by atoms with Crippen molar-refractivity contribution in [3.8, 4) is 0 Å². The fraction of sp³-hybridized carbons (Fsp3) is 0.0588. The van der Waals surface area contributed by atoms with Gasteiger partial charge in [0.1, 0.15) is 6.54 Å². The third kappa shape index (κ3) is 3.43. The first-order valence-corrected chi connectivity index (χ1v) is 7.63. The number of hydrazone groups is 1. The largest absolute Gasteiger partial charge is 0.338 e. The molecule has 1 heterocycles. The molecule has 0 saturated heterocycles. The van der Waals surface area contributed by atoms with Crippen LogP contribution in [0.1, 0.15) is 5.56 Å². The van der Waals surface area contributed by atoms with Gasteiger partial charge in [0.2, 0.25) is 0 Å². The first-order chi connectivity index (χ1) is 10.7. The van der Waals surface area contributed by atoms with Crippen molar-refractivity contribution in [1.29, 1.82) is 0 Å². The molecule has 0 fully saturated rings. The van der Waals surface area contributed by atoms with Crippen LogP contribution in [-0.2, 0) is 11.3 Å². The zero-order chi connectivity index (χ0) is 15.4. The number of nitrogens with one attached hydrogen (secondary N) is 1. The molecule has 22 heavy (non-hydrogen) atoms. The molecule has 3 aromatic rings. The summed E-state index contributed by atoms with van der Waals surface area (Å²) in [6, 6.07) is 17.6. The fourth-order valence-corrected chi connectivity index (χ4v) is 2.46. The predicted octanol–water partition coefficient (Wildman–Crippen LogP) is 3.55. The van der Waals surface area contributed by atoms with E-state index >= 15 is 0 Å². The molecule has 0 aliphatic heterocycles. The Kier molecular flexibility index (Phi) is 4.34. The molecule has 0 radical (unpaired) electrons. The number of fused-ring (bicyclic) bond motifs is 1. The van der Waals surface area contributed by atoms with E-state index in [1.54, 1.807) is 6.21 Å². The van der Waals surface area contributed by atoms with Crippen LogP contribution in [0.4, 0.5) is 0 Å². The minimum Gasteiger partial charge on any atom is -0.338 e. The fourth-order valence-electron chi connectivity index (χ4n) is 2.20. The number of carbonyl (C=O) groups is 1. The number of para-hydroxylation sites is 1. The van der Waals surface area contributed by atoms with Crippen LogP contribution in [0.2, 0.25) is 0 Å². The second-order valence-corrected chi connectivity index (χ2v) is 5.76. The lowest BCUT2D eigenvalue weighted by atomic mass is 10.2. The molecule has 0 bridgehead atoms. The summed E-state index contributed by atoms with van der Waals surface area (Å²) in [5, 5.41) is 5.10. The van der Waals surface area contributed by atoms with Crippen molar-refractivity contribution >= 4 is 39.0 Å². The zero-order valence-corrected chi connectivity index (χ0v) is 13.3. The van der Waals surface area contributed by atoms with Crippen molar-refractivity contribution < 1.29 is 4.79 Å². The smallest absolute Gasteiger partial charge is 0.259 e. The van der Waals surface area contributed by atoms with Crippen molar-refractivity contribution in [1.82, 2.24) is 9.99 Å². The average Bonchev–Trinajstić information content (AvgIpc) is 2.93. The molecule has 5 heteroatoms. The van der Waals surface area contributed by atoms with E-state index in [4.69, 9.17) is 0 Å². The van der Waals surface area contributed by atoms with Gasteiger partial charge in [-0.15, -0.1) is 0 Å². The van der Waals surface area contributed by atoms with Gasteiger partial charge in [-0.05, 0) is 35.2 Å². The maximum atomic E-state index is 11.9. The van der Waals surface area contributed by atoms with Gasteiger partial charge in [-0.25, -0.2) is 5.43 Å². The van der Waals surface area contributed by atoms with Crippen LogP contribution in [0, 0.1) is 0 Å². The van der Waals surface area contributed by atoms with Crippen molar-refractivity contribution in [3.05, 3.63) is 70.8 Å². The Labute approximate surface area is 136 Å². The van der Waals surface area contributed by atoms with Gasteiger partial charge in [-0.2, -0.15) is 5.10 Å². The Hall–Kier alpha value is -2.40. The number of benzene rings is 2. The van der Waals surface area contributed by atoms with E-state index in [9.17, 15) is 4.79 Å². The van der Waals surface area contributed by atoms with E-state index in [0.29, 0.717) is 0 Å². The normalized spacial score (nSPS) is 11.1. The third-order valence-electron chi connectivity index (χ3n) is 3.27. The summed E-state index contributed by atoms with van der Waals surface area (Å²) in [6.07, 6.45) is 3.53. The second-order valence-electron chi connectivity index (χ2n) is 4.85. The first-order valence-electron chi connectivity index (χ1n) is 6.84. The number of halogens is 1. The maximum absolute atomic E-state index is 11.9. The molecule has 0 saturated carbocycles. The summed E-state index contributed by atoms with van der Waals surface area (Å²) in [7, 11) is 0. The minimum atomic E-state index is -0.158. The number of rotatable bonds is 4. The van der Waals surface area contributed by atoms with E-state index in [0.717, 1.165) is 20.9 Å². The van der Waals surface area contributed by atoms with Gasteiger partial charge < -0.3 is 4.57 Å². The maximum Gasteiger partial charge on any atom is 0.259 e. The van der Waals surface area contributed by atoms with Crippen molar-refractivity contribution in [2.75, 3.05) is 0 Å². The van der Waals surface area contributed by atoms with Crippen LogP contribution < -0.4 is 5.43 Å². The minimum absolute atomic E-state index is 0.158. The van der Waals surface area contributed by atoms with E-state index in [1.807, 2.05) is 65.4 Å². The Bertz CT molecular complexity index is 821. The number of nitrogens with zero attached hydrogens (tertiary/aromatic N) is 2. The Morgan fingerprint density at radius 3 is 2.73 bits per heavy atom. The molecule has 0 aliphatic carbocycles. The summed E-state index contributed by atoms with van der Waals surface area (Å²) in [4.78, 5) is 11.9. The SMILES string of the molecule is O=C(Cn1ccc2ccccc21)N/N=C\c1ccc(Br)cc1. The monoisotopic (exact) mass is 355 g/mol. The van der Waals surface area contributed by atoms with Gasteiger partial charge in [0.05, 0.1) is 6.21 Å². The highest BCUT2D eigenvalue weighted by Gasteiger charge is 2.04. The highest BCUT2D eigenvalue weighted by Crippen LogP contribution is 2.14. The second kappa shape index (κ2) is 6.58. The van der Waals surface area contributed by atoms with Crippen LogP contribution in [0.25, 0.3) is 10.9 Å². The third-order valence-corrected chi connectivity index (χ3v) is 3.80. The molecule has 110 valence electrons. The molecule has 1 amide bonds. The molecule has 0 spiro atoms. The number of hydrogen-bond acceptors (Lipinski definition) is 2. The Morgan fingerprint density at radius 1 is 1.14 bits per heavy atom. The lowest BCUT2D eigenvalue weighted by Gasteiger charge is -2.04. The summed E-state index contributed by atoms with van der Waals surface area (Å²) < 4.78 is 2.91. The highest BCUT2D eigenvalue weighted by molar-refractivity contribution is 9.10. The van der Waals surface area contributed by atoms with Crippen molar-refractivity contribution in [2.45, 2.75) is 6.54 Å². The molecule has 4 nitrogen and oxygen atoms in total. The Morgan fingerprint density at radius 2 is 1.91 bits per heavy atom. The van der Waals surface area contributed by atoms with Crippen LogP contribution in [0.3, 0.4) is 0 Å². The number of aromatic nitrogens is 1. The molecule has 0 aliphatic rings. The van der Waals surface area contributed by atoms with E-state index < -0.39 is 0 Å². The molecule has 3 rings (SSSR count). The van der Waals surface area contributed by atoms with Gasteiger partial charge in [-0.3, -0.25) is 4.79 Å². The van der Waals surface area contributed by atoms with E-state index in [1.165, 1.54) is 0 Å². The van der Waals surface area contributed by atoms with Gasteiger partial charge in [-0.1, -0.05) is 46.3 Å². The van der Waals surface area contributed by atoms with Gasteiger partial charge in [0.15, 0.2) is 0 Å². The molecular weight excluding hydrogens is 342 g/mol. The van der Waals surface area contributed by atoms with Crippen LogP contribution >= 0.6 is 15.9 Å². The Balaban J connectivity index is 1.62. The van der Waals surface area contributed by atoms with Gasteiger partial charge in [0, 0.05) is 16.2 Å². The topological polar surface area (TPSA) is 46.4 Å². The molecule has 2 aromatic carbocycles. The predicted molar refractivity (Wildman–Crippen MR) is 91.8 cm³/mol. The first kappa shape index (κ1) is 14.5. The van der Waals surface area contributed by atoms with Crippen LogP contribution in [0.5, 0.6) is 0 Å². The van der Waals surface area contributed by atoms with E-state index in [-0.39, 0.29) is 12.5 Å². The van der Waals surface area contributed by atoms with Gasteiger partial charge >= 0.3 is 0 Å². The standard InChI is InChI=1S/C17H14BrN3O/c18-15-7-5-13(6-8-15)11-19-20-17(22)12-21-10-9-14-3-1-2-4-16(14)21/h1-11H,12H2,(H,20,22)/b19-11-. The zero-order valence-electron chi connectivity index (χ0n) is 11.7. The molecule has 0 atom stereocenters. The van der Waals surface area contributed by atoms with Crippen molar-refractivity contribution in [2.24, 2.45) is 5.10 Å². The number of hydrogen-bond donors (Lipinski definition) is 1. The average molecular weight is 356 g/mol. The lowest BCUT2D eigenvalue weighted by Crippen LogP contribution is -2.22. The summed E-state index contributed by atoms with van der Waals surface area (Å²) in [6.45, 7) is 0.241. The molecule has 0 unspecified atom stereocenters. The lowest BCUT2D eigenvalue weighted by molar-refractivity contribution is -0.121. The summed E-state index contributed by atoms with van der Waals surface area (Å²) in [5.41, 5.74) is 4.51. The molecular formula is C17H14BrN3O. The quantitative estimate of drug-likeness (QED) is 0.564.